The molecule has 0 aromatic carbocycles. The lowest BCUT2D eigenvalue weighted by Crippen LogP contribution is -2.40. The summed E-state index contributed by atoms with van der Waals surface area (Å²) >= 11 is 1.99. The number of hydrogen-bond donors (Lipinski definition) is 1. The van der Waals surface area contributed by atoms with Gasteiger partial charge in [-0.2, -0.15) is 11.8 Å². The van der Waals surface area contributed by atoms with Crippen LogP contribution in [0.3, 0.4) is 0 Å². The van der Waals surface area contributed by atoms with Crippen LogP contribution in [0.5, 0.6) is 0 Å². The predicted octanol–water partition coefficient (Wildman–Crippen LogP) is 1.28. The lowest BCUT2D eigenvalue weighted by atomic mass is 9.86. The summed E-state index contributed by atoms with van der Waals surface area (Å²) in [6.45, 7) is 1.20. The van der Waals surface area contributed by atoms with Crippen molar-refractivity contribution in [3.05, 3.63) is 0 Å². The zero-order valence-electron chi connectivity index (χ0n) is 7.29. The van der Waals surface area contributed by atoms with Crippen molar-refractivity contribution in [1.29, 1.82) is 0 Å². The van der Waals surface area contributed by atoms with Gasteiger partial charge in [-0.25, -0.2) is 0 Å². The maximum absolute atomic E-state index is 9.07. The molecule has 0 radical (unpaired) electrons. The molecule has 2 heterocycles. The second-order valence-corrected chi connectivity index (χ2v) is 4.98. The van der Waals surface area contributed by atoms with Gasteiger partial charge in [0, 0.05) is 19.0 Å². The van der Waals surface area contributed by atoms with Crippen LogP contribution in [0.2, 0.25) is 0 Å². The van der Waals surface area contributed by atoms with Crippen LogP contribution >= 0.6 is 11.8 Å². The summed E-state index contributed by atoms with van der Waals surface area (Å²) in [5.41, 5.74) is 0.149. The van der Waals surface area contributed by atoms with Gasteiger partial charge in [0.2, 0.25) is 0 Å². The highest BCUT2D eigenvalue weighted by molar-refractivity contribution is 7.99. The number of thioether (sulfide) groups is 1. The third kappa shape index (κ3) is 1.63. The van der Waals surface area contributed by atoms with Crippen molar-refractivity contribution in [3.8, 4) is 0 Å². The van der Waals surface area contributed by atoms with Crippen molar-refractivity contribution in [1.82, 2.24) is 0 Å². The zero-order valence-corrected chi connectivity index (χ0v) is 8.11. The Morgan fingerprint density at radius 3 is 3.17 bits per heavy atom. The summed E-state index contributed by atoms with van der Waals surface area (Å²) in [5.74, 6) is 2.87. The van der Waals surface area contributed by atoms with Gasteiger partial charge in [-0.15, -0.1) is 0 Å². The SMILES string of the molecule is OCC1CCOC2(CCSC2)C1. The standard InChI is InChI=1S/C9H16O2S/c10-6-8-1-3-11-9(5-8)2-4-12-7-9/h8,10H,1-7H2. The van der Waals surface area contributed by atoms with Gasteiger partial charge in [0.25, 0.3) is 0 Å². The second kappa shape index (κ2) is 3.56. The first-order valence-corrected chi connectivity index (χ1v) is 5.83. The van der Waals surface area contributed by atoms with E-state index >= 15 is 0 Å². The van der Waals surface area contributed by atoms with Crippen LogP contribution in [0.1, 0.15) is 19.3 Å². The highest BCUT2D eigenvalue weighted by Gasteiger charge is 2.39. The molecule has 2 unspecified atom stereocenters. The second-order valence-electron chi connectivity index (χ2n) is 3.88. The first kappa shape index (κ1) is 8.85. The van der Waals surface area contributed by atoms with Gasteiger partial charge in [-0.3, -0.25) is 0 Å². The number of aliphatic hydroxyl groups excluding tert-OH is 1. The average Bonchev–Trinajstić information content (AvgIpc) is 2.53. The Balaban J connectivity index is 1.97. The third-order valence-corrected chi connectivity index (χ3v) is 4.14. The first-order valence-electron chi connectivity index (χ1n) is 4.67. The molecule has 2 saturated heterocycles. The first-order chi connectivity index (χ1) is 5.85. The van der Waals surface area contributed by atoms with E-state index in [-0.39, 0.29) is 5.60 Å². The molecule has 2 aliphatic heterocycles. The van der Waals surface area contributed by atoms with Crippen LogP contribution in [-0.2, 0) is 4.74 Å². The number of rotatable bonds is 1. The third-order valence-electron chi connectivity index (χ3n) is 2.92. The Hall–Kier alpha value is 0.270. The van der Waals surface area contributed by atoms with Gasteiger partial charge in [-0.05, 0) is 30.9 Å². The van der Waals surface area contributed by atoms with Crippen LogP contribution in [0.25, 0.3) is 0 Å². The largest absolute Gasteiger partial charge is 0.396 e. The fraction of sp³-hybridized carbons (Fsp3) is 1.00. The van der Waals surface area contributed by atoms with Gasteiger partial charge in [0.05, 0.1) is 5.60 Å². The molecule has 0 amide bonds. The smallest absolute Gasteiger partial charge is 0.0783 e. The molecule has 1 N–H and O–H groups in total. The van der Waals surface area contributed by atoms with E-state index in [0.29, 0.717) is 12.5 Å². The molecule has 0 aromatic heterocycles. The Morgan fingerprint density at radius 2 is 2.50 bits per heavy atom. The van der Waals surface area contributed by atoms with Gasteiger partial charge < -0.3 is 9.84 Å². The lowest BCUT2D eigenvalue weighted by molar-refractivity contribution is -0.0868. The molecule has 2 nitrogen and oxygen atoms in total. The van der Waals surface area contributed by atoms with Crippen molar-refractivity contribution >= 4 is 11.8 Å². The van der Waals surface area contributed by atoms with Crippen molar-refractivity contribution in [2.45, 2.75) is 24.9 Å². The van der Waals surface area contributed by atoms with Crippen molar-refractivity contribution in [2.24, 2.45) is 5.92 Å². The van der Waals surface area contributed by atoms with E-state index in [1.54, 1.807) is 0 Å². The Morgan fingerprint density at radius 1 is 1.58 bits per heavy atom. The number of hydrogen-bond acceptors (Lipinski definition) is 3. The Labute approximate surface area is 77.7 Å². The Kier molecular flexibility index (Phi) is 2.63. The maximum atomic E-state index is 9.07. The minimum atomic E-state index is 0.149. The predicted molar refractivity (Wildman–Crippen MR) is 50.4 cm³/mol. The molecular formula is C9H16O2S. The van der Waals surface area contributed by atoms with Gasteiger partial charge >= 0.3 is 0 Å². The molecule has 0 saturated carbocycles. The Bertz CT molecular complexity index is 155. The van der Waals surface area contributed by atoms with Crippen molar-refractivity contribution in [2.75, 3.05) is 24.7 Å². The fourth-order valence-corrected chi connectivity index (χ4v) is 3.53. The molecule has 70 valence electrons. The molecule has 2 atom stereocenters. The number of ether oxygens (including phenoxy) is 1. The van der Waals surface area contributed by atoms with Crippen LogP contribution in [0.4, 0.5) is 0 Å². The minimum absolute atomic E-state index is 0.149. The van der Waals surface area contributed by atoms with Crippen molar-refractivity contribution < 1.29 is 9.84 Å². The van der Waals surface area contributed by atoms with Crippen LogP contribution in [0.15, 0.2) is 0 Å². The number of aliphatic hydroxyl groups is 1. The van der Waals surface area contributed by atoms with Gasteiger partial charge in [-0.1, -0.05) is 0 Å². The molecule has 0 bridgehead atoms. The van der Waals surface area contributed by atoms with Crippen LogP contribution < -0.4 is 0 Å². The molecule has 12 heavy (non-hydrogen) atoms. The highest BCUT2D eigenvalue weighted by Crippen LogP contribution is 2.40. The molecule has 0 aliphatic carbocycles. The molecule has 3 heteroatoms. The minimum Gasteiger partial charge on any atom is -0.396 e. The van der Waals surface area contributed by atoms with Crippen LogP contribution in [-0.4, -0.2) is 35.4 Å². The normalized spacial score (nSPS) is 42.2. The summed E-state index contributed by atoms with van der Waals surface area (Å²) in [7, 11) is 0. The van der Waals surface area contributed by atoms with E-state index in [2.05, 4.69) is 0 Å². The molecule has 1 spiro atoms. The van der Waals surface area contributed by atoms with Crippen LogP contribution in [0, 0.1) is 5.92 Å². The molecule has 2 aliphatic rings. The monoisotopic (exact) mass is 188 g/mol. The average molecular weight is 188 g/mol. The summed E-state index contributed by atoms with van der Waals surface area (Å²) in [6, 6.07) is 0. The maximum Gasteiger partial charge on any atom is 0.0783 e. The highest BCUT2D eigenvalue weighted by atomic mass is 32.2. The molecular weight excluding hydrogens is 172 g/mol. The summed E-state index contributed by atoms with van der Waals surface area (Å²) in [4.78, 5) is 0. The molecule has 2 rings (SSSR count). The summed E-state index contributed by atoms with van der Waals surface area (Å²) in [5, 5.41) is 9.07. The topological polar surface area (TPSA) is 29.5 Å². The van der Waals surface area contributed by atoms with E-state index in [0.717, 1.165) is 25.2 Å². The van der Waals surface area contributed by atoms with Gasteiger partial charge in [0.15, 0.2) is 0 Å². The lowest BCUT2D eigenvalue weighted by Gasteiger charge is -2.37. The van der Waals surface area contributed by atoms with E-state index in [9.17, 15) is 0 Å². The zero-order chi connectivity index (χ0) is 8.44. The van der Waals surface area contributed by atoms with E-state index in [1.165, 1.54) is 12.2 Å². The quantitative estimate of drug-likeness (QED) is 0.672. The summed E-state index contributed by atoms with van der Waals surface area (Å²) in [6.07, 6.45) is 3.31. The van der Waals surface area contributed by atoms with E-state index in [1.807, 2.05) is 11.8 Å². The van der Waals surface area contributed by atoms with Gasteiger partial charge in [0.1, 0.15) is 0 Å². The molecule has 0 aromatic rings. The van der Waals surface area contributed by atoms with E-state index in [4.69, 9.17) is 9.84 Å². The van der Waals surface area contributed by atoms with Crippen molar-refractivity contribution in [3.63, 3.8) is 0 Å². The summed E-state index contributed by atoms with van der Waals surface area (Å²) < 4.78 is 5.83. The van der Waals surface area contributed by atoms with E-state index < -0.39 is 0 Å². The fourth-order valence-electron chi connectivity index (χ4n) is 2.15. The molecule has 2 fully saturated rings.